The molecule has 8 heteroatoms. The van der Waals surface area contributed by atoms with Crippen molar-refractivity contribution in [3.05, 3.63) is 65.1 Å². The summed E-state index contributed by atoms with van der Waals surface area (Å²) in [6.45, 7) is 1.86. The Morgan fingerprint density at radius 1 is 1.29 bits per heavy atom. The van der Waals surface area contributed by atoms with E-state index in [0.717, 1.165) is 5.56 Å². The molecule has 1 unspecified atom stereocenters. The van der Waals surface area contributed by atoms with Gasteiger partial charge >= 0.3 is 5.97 Å². The molecule has 7 nitrogen and oxygen atoms in total. The standard InChI is InChI=1S/C27H28ClN3O4/c1-35-20-6-7-23-21(16-20)25(22(28)18-30-23)24(32)8-9-27(26(33)34)10-14-31(15-11-27)13-3-5-19-4-2-12-29-17-19/h2,4,6-7,12,16-18,24,32H,8-11,13-15H2,1H3,(H,33,34). The molecular weight excluding hydrogens is 466 g/mol. The third-order valence-corrected chi connectivity index (χ3v) is 7.06. The fraction of sp³-hybridized carbons (Fsp3) is 0.370. The smallest absolute Gasteiger partial charge is 0.309 e. The first-order chi connectivity index (χ1) is 16.9. The van der Waals surface area contributed by atoms with Crippen molar-refractivity contribution in [1.82, 2.24) is 14.9 Å². The Bertz CT molecular complexity index is 1250. The second-order valence-electron chi connectivity index (χ2n) is 8.86. The molecule has 1 atom stereocenters. The topological polar surface area (TPSA) is 95.8 Å². The number of carboxylic acid groups (broad SMARTS) is 1. The average Bonchev–Trinajstić information content (AvgIpc) is 2.88. The zero-order valence-electron chi connectivity index (χ0n) is 19.6. The molecule has 0 bridgehead atoms. The lowest BCUT2D eigenvalue weighted by atomic mass is 9.74. The van der Waals surface area contributed by atoms with E-state index in [1.54, 1.807) is 31.6 Å². The lowest BCUT2D eigenvalue weighted by Gasteiger charge is -2.38. The SMILES string of the molecule is COc1ccc2ncc(Cl)c(C(O)CCC3(C(=O)O)CCN(CC#Cc4cccnc4)CC3)c2c1. The second-order valence-corrected chi connectivity index (χ2v) is 9.27. The van der Waals surface area contributed by atoms with Crippen LogP contribution in [0.2, 0.25) is 5.02 Å². The maximum atomic E-state index is 12.3. The van der Waals surface area contributed by atoms with Crippen LogP contribution < -0.4 is 4.74 Å². The fourth-order valence-corrected chi connectivity index (χ4v) is 4.87. The van der Waals surface area contributed by atoms with Gasteiger partial charge in [-0.15, -0.1) is 0 Å². The number of likely N-dealkylation sites (tertiary alicyclic amines) is 1. The number of hydrogen-bond acceptors (Lipinski definition) is 6. The predicted molar refractivity (Wildman–Crippen MR) is 134 cm³/mol. The maximum Gasteiger partial charge on any atom is 0.309 e. The molecule has 1 fully saturated rings. The van der Waals surface area contributed by atoms with Gasteiger partial charge in [0, 0.05) is 48.2 Å². The van der Waals surface area contributed by atoms with E-state index in [1.807, 2.05) is 18.2 Å². The van der Waals surface area contributed by atoms with Gasteiger partial charge in [-0.2, -0.15) is 0 Å². The van der Waals surface area contributed by atoms with Crippen LogP contribution in [0.25, 0.3) is 10.9 Å². The lowest BCUT2D eigenvalue weighted by molar-refractivity contribution is -0.153. The van der Waals surface area contributed by atoms with Gasteiger partial charge < -0.3 is 14.9 Å². The minimum atomic E-state index is -0.917. The number of pyridine rings is 2. The van der Waals surface area contributed by atoms with Crippen LogP contribution in [0.4, 0.5) is 0 Å². The Hall–Kier alpha value is -3.18. The number of aliphatic hydroxyl groups excluding tert-OH is 1. The number of halogens is 1. The third-order valence-electron chi connectivity index (χ3n) is 6.76. The predicted octanol–water partition coefficient (Wildman–Crippen LogP) is 4.32. The van der Waals surface area contributed by atoms with Gasteiger partial charge in [-0.05, 0) is 56.0 Å². The number of aliphatic carboxylic acids is 1. The van der Waals surface area contributed by atoms with Crippen LogP contribution in [0.3, 0.4) is 0 Å². The van der Waals surface area contributed by atoms with Crippen molar-refractivity contribution in [2.45, 2.75) is 31.8 Å². The Kier molecular flexibility index (Phi) is 7.86. The van der Waals surface area contributed by atoms with E-state index in [2.05, 4.69) is 26.7 Å². The van der Waals surface area contributed by atoms with Crippen LogP contribution in [0.1, 0.15) is 42.9 Å². The van der Waals surface area contributed by atoms with E-state index < -0.39 is 17.5 Å². The van der Waals surface area contributed by atoms with E-state index >= 15 is 0 Å². The molecule has 0 spiro atoms. The third kappa shape index (κ3) is 5.73. The van der Waals surface area contributed by atoms with Gasteiger partial charge in [-0.1, -0.05) is 23.4 Å². The maximum absolute atomic E-state index is 12.3. The van der Waals surface area contributed by atoms with Gasteiger partial charge in [0.1, 0.15) is 5.75 Å². The lowest BCUT2D eigenvalue weighted by Crippen LogP contribution is -2.44. The summed E-state index contributed by atoms with van der Waals surface area (Å²) in [5, 5.41) is 22.2. The van der Waals surface area contributed by atoms with Crippen molar-refractivity contribution < 1.29 is 19.7 Å². The number of hydrogen-bond donors (Lipinski definition) is 2. The van der Waals surface area contributed by atoms with E-state index in [1.165, 1.54) is 6.20 Å². The number of piperidine rings is 1. The van der Waals surface area contributed by atoms with E-state index in [9.17, 15) is 15.0 Å². The molecule has 1 aliphatic rings. The molecule has 0 aliphatic carbocycles. The van der Waals surface area contributed by atoms with Crippen LogP contribution in [0.15, 0.2) is 48.9 Å². The summed E-state index contributed by atoms with van der Waals surface area (Å²) in [5.74, 6) is 6.06. The highest BCUT2D eigenvalue weighted by Crippen LogP contribution is 2.41. The van der Waals surface area contributed by atoms with Gasteiger partial charge in [0.05, 0.1) is 35.7 Å². The number of methoxy groups -OCH3 is 1. The first-order valence-electron chi connectivity index (χ1n) is 11.6. The van der Waals surface area contributed by atoms with Crippen molar-refractivity contribution in [3.63, 3.8) is 0 Å². The zero-order chi connectivity index (χ0) is 24.8. The molecule has 4 rings (SSSR count). The number of carbonyl (C=O) groups is 1. The summed E-state index contributed by atoms with van der Waals surface area (Å²) in [6.07, 6.45) is 5.67. The zero-order valence-corrected chi connectivity index (χ0v) is 20.3. The molecule has 3 heterocycles. The van der Waals surface area contributed by atoms with Gasteiger partial charge in [0.25, 0.3) is 0 Å². The van der Waals surface area contributed by atoms with Crippen molar-refractivity contribution in [1.29, 1.82) is 0 Å². The first kappa shape index (κ1) is 24.9. The Balaban J connectivity index is 1.42. The largest absolute Gasteiger partial charge is 0.497 e. The van der Waals surface area contributed by atoms with Crippen molar-refractivity contribution >= 4 is 28.5 Å². The second kappa shape index (κ2) is 11.0. The molecule has 182 valence electrons. The summed E-state index contributed by atoms with van der Waals surface area (Å²) in [5.41, 5.74) is 1.22. The van der Waals surface area contributed by atoms with Crippen molar-refractivity contribution in [2.24, 2.45) is 5.41 Å². The summed E-state index contributed by atoms with van der Waals surface area (Å²) >= 11 is 6.42. The summed E-state index contributed by atoms with van der Waals surface area (Å²) in [6, 6.07) is 9.16. The van der Waals surface area contributed by atoms with Crippen LogP contribution in [0, 0.1) is 17.3 Å². The summed E-state index contributed by atoms with van der Waals surface area (Å²) in [4.78, 5) is 22.9. The molecule has 2 N–H and O–H groups in total. The summed E-state index contributed by atoms with van der Waals surface area (Å²) < 4.78 is 5.32. The number of benzene rings is 1. The van der Waals surface area contributed by atoms with E-state index in [-0.39, 0.29) is 6.42 Å². The van der Waals surface area contributed by atoms with E-state index in [4.69, 9.17) is 16.3 Å². The number of rotatable bonds is 7. The molecule has 1 aromatic carbocycles. The summed E-state index contributed by atoms with van der Waals surface area (Å²) in [7, 11) is 1.57. The number of aromatic nitrogens is 2. The quantitative estimate of drug-likeness (QED) is 0.473. The van der Waals surface area contributed by atoms with E-state index in [0.29, 0.717) is 66.1 Å². The minimum Gasteiger partial charge on any atom is -0.497 e. The highest BCUT2D eigenvalue weighted by molar-refractivity contribution is 6.32. The van der Waals surface area contributed by atoms with Gasteiger partial charge in [0.15, 0.2) is 0 Å². The molecular formula is C27H28ClN3O4. The molecule has 1 aliphatic heterocycles. The van der Waals surface area contributed by atoms with Crippen molar-refractivity contribution in [2.75, 3.05) is 26.7 Å². The molecule has 2 aromatic heterocycles. The molecule has 1 saturated heterocycles. The number of fused-ring (bicyclic) bond motifs is 1. The Morgan fingerprint density at radius 3 is 2.77 bits per heavy atom. The fourth-order valence-electron chi connectivity index (χ4n) is 4.59. The molecule has 35 heavy (non-hydrogen) atoms. The first-order valence-corrected chi connectivity index (χ1v) is 11.9. The highest BCUT2D eigenvalue weighted by Gasteiger charge is 2.41. The van der Waals surface area contributed by atoms with Crippen LogP contribution in [-0.4, -0.2) is 57.8 Å². The molecule has 0 saturated carbocycles. The molecule has 0 amide bonds. The normalized spacial score (nSPS) is 16.3. The number of aliphatic hydroxyl groups is 1. The molecule has 3 aromatic rings. The van der Waals surface area contributed by atoms with Crippen LogP contribution in [-0.2, 0) is 4.79 Å². The van der Waals surface area contributed by atoms with Gasteiger partial charge in [0.2, 0.25) is 0 Å². The Labute approximate surface area is 209 Å². The molecule has 0 radical (unpaired) electrons. The number of ether oxygens (including phenoxy) is 1. The van der Waals surface area contributed by atoms with Gasteiger partial charge in [-0.25, -0.2) is 0 Å². The van der Waals surface area contributed by atoms with Crippen LogP contribution in [0.5, 0.6) is 5.75 Å². The van der Waals surface area contributed by atoms with Crippen LogP contribution >= 0.6 is 11.6 Å². The highest BCUT2D eigenvalue weighted by atomic mass is 35.5. The Morgan fingerprint density at radius 2 is 2.09 bits per heavy atom. The van der Waals surface area contributed by atoms with Gasteiger partial charge in [-0.3, -0.25) is 19.7 Å². The van der Waals surface area contributed by atoms with Crippen molar-refractivity contribution in [3.8, 4) is 17.6 Å². The monoisotopic (exact) mass is 493 g/mol. The average molecular weight is 494 g/mol. The number of nitrogens with zero attached hydrogens (tertiary/aromatic N) is 3. The number of carboxylic acids is 1. The minimum absolute atomic E-state index is 0.281.